The number of rotatable bonds is 2. The van der Waals surface area contributed by atoms with Crippen molar-refractivity contribution in [2.75, 3.05) is 0 Å². The zero-order valence-electron chi connectivity index (χ0n) is 9.49. The zero-order valence-corrected chi connectivity index (χ0v) is 10.2. The van der Waals surface area contributed by atoms with E-state index in [2.05, 4.69) is 15.8 Å². The van der Waals surface area contributed by atoms with E-state index in [1.165, 1.54) is 17.7 Å². The van der Waals surface area contributed by atoms with Crippen LogP contribution in [-0.2, 0) is 19.5 Å². The van der Waals surface area contributed by atoms with E-state index < -0.39 is 0 Å². The fourth-order valence-electron chi connectivity index (χ4n) is 2.51. The van der Waals surface area contributed by atoms with Crippen LogP contribution in [0.4, 0.5) is 0 Å². The van der Waals surface area contributed by atoms with Crippen molar-refractivity contribution in [3.05, 3.63) is 40.7 Å². The van der Waals surface area contributed by atoms with Gasteiger partial charge in [-0.3, -0.25) is 4.68 Å². The lowest BCUT2D eigenvalue weighted by Gasteiger charge is -2.04. The van der Waals surface area contributed by atoms with Gasteiger partial charge in [0.25, 0.3) is 0 Å². The van der Waals surface area contributed by atoms with Gasteiger partial charge in [-0.25, -0.2) is 0 Å². The van der Waals surface area contributed by atoms with E-state index in [0.29, 0.717) is 6.54 Å². The molecule has 0 saturated heterocycles. The summed E-state index contributed by atoms with van der Waals surface area (Å²) in [6.45, 7) is 1.48. The minimum Gasteiger partial charge on any atom is -0.325 e. The predicted molar refractivity (Wildman–Crippen MR) is 68.9 cm³/mol. The van der Waals surface area contributed by atoms with Gasteiger partial charge in [-0.05, 0) is 30.5 Å². The van der Waals surface area contributed by atoms with Crippen LogP contribution >= 0.6 is 11.6 Å². The maximum atomic E-state index is 6.05. The van der Waals surface area contributed by atoms with Crippen molar-refractivity contribution < 1.29 is 0 Å². The highest BCUT2D eigenvalue weighted by molar-refractivity contribution is 6.30. The van der Waals surface area contributed by atoms with E-state index in [-0.39, 0.29) is 0 Å². The monoisotopic (exact) mass is 247 g/mol. The molecular weight excluding hydrogens is 234 g/mol. The van der Waals surface area contributed by atoms with Gasteiger partial charge in [0.2, 0.25) is 0 Å². The minimum atomic E-state index is 0.474. The summed E-state index contributed by atoms with van der Waals surface area (Å²) in [5.74, 6) is 0. The molecule has 17 heavy (non-hydrogen) atoms. The van der Waals surface area contributed by atoms with Crippen LogP contribution in [-0.4, -0.2) is 9.78 Å². The van der Waals surface area contributed by atoms with E-state index in [4.69, 9.17) is 17.3 Å². The highest BCUT2D eigenvalue weighted by Gasteiger charge is 2.21. The fourth-order valence-corrected chi connectivity index (χ4v) is 2.70. The van der Waals surface area contributed by atoms with Crippen molar-refractivity contribution in [2.24, 2.45) is 5.73 Å². The van der Waals surface area contributed by atoms with E-state index in [9.17, 15) is 0 Å². The predicted octanol–water partition coefficient (Wildman–Crippen LogP) is 2.61. The van der Waals surface area contributed by atoms with Gasteiger partial charge in [0.05, 0.1) is 5.69 Å². The maximum absolute atomic E-state index is 6.05. The summed E-state index contributed by atoms with van der Waals surface area (Å²) in [4.78, 5) is 0. The molecule has 1 aromatic carbocycles. The van der Waals surface area contributed by atoms with Crippen LogP contribution in [0.15, 0.2) is 24.3 Å². The first-order chi connectivity index (χ1) is 8.29. The number of hydrogen-bond acceptors (Lipinski definition) is 2. The summed E-state index contributed by atoms with van der Waals surface area (Å²) in [6, 6.07) is 7.91. The second-order valence-electron chi connectivity index (χ2n) is 4.31. The van der Waals surface area contributed by atoms with Gasteiger partial charge < -0.3 is 5.73 Å². The molecule has 0 atom stereocenters. The smallest absolute Gasteiger partial charge is 0.0841 e. The van der Waals surface area contributed by atoms with Gasteiger partial charge in [0, 0.05) is 29.4 Å². The van der Waals surface area contributed by atoms with Gasteiger partial charge in [-0.1, -0.05) is 23.7 Å². The van der Waals surface area contributed by atoms with E-state index in [1.54, 1.807) is 0 Å². The molecular formula is C13H14ClN3. The molecule has 0 saturated carbocycles. The van der Waals surface area contributed by atoms with E-state index in [1.807, 2.05) is 18.2 Å². The van der Waals surface area contributed by atoms with Gasteiger partial charge in [-0.2, -0.15) is 5.10 Å². The first kappa shape index (κ1) is 10.8. The van der Waals surface area contributed by atoms with Crippen LogP contribution in [0.2, 0.25) is 5.02 Å². The Morgan fingerprint density at radius 3 is 3.06 bits per heavy atom. The Kier molecular flexibility index (Phi) is 2.65. The number of halogens is 1. The molecule has 88 valence electrons. The SMILES string of the molecule is NCc1nn2c(c1-c1cccc(Cl)c1)CCC2. The average Bonchev–Trinajstić information content (AvgIpc) is 2.87. The average molecular weight is 248 g/mol. The standard InChI is InChI=1S/C13H14ClN3/c14-10-4-1-3-9(7-10)13-11(8-15)16-17-6-2-5-12(13)17/h1,3-4,7H,2,5-6,8,15H2. The lowest BCUT2D eigenvalue weighted by Crippen LogP contribution is -2.01. The summed E-state index contributed by atoms with van der Waals surface area (Å²) in [7, 11) is 0. The van der Waals surface area contributed by atoms with Crippen LogP contribution in [0.3, 0.4) is 0 Å². The highest BCUT2D eigenvalue weighted by atomic mass is 35.5. The first-order valence-corrected chi connectivity index (χ1v) is 6.22. The minimum absolute atomic E-state index is 0.474. The molecule has 0 amide bonds. The Morgan fingerprint density at radius 2 is 2.29 bits per heavy atom. The number of aryl methyl sites for hydroxylation is 1. The summed E-state index contributed by atoms with van der Waals surface area (Å²) < 4.78 is 2.08. The van der Waals surface area contributed by atoms with Gasteiger partial charge >= 0.3 is 0 Å². The molecule has 2 heterocycles. The van der Waals surface area contributed by atoms with Crippen LogP contribution in [0.1, 0.15) is 17.8 Å². The Balaban J connectivity index is 2.19. The molecule has 0 unspecified atom stereocenters. The Labute approximate surface area is 105 Å². The van der Waals surface area contributed by atoms with Gasteiger partial charge in [0.1, 0.15) is 0 Å². The van der Waals surface area contributed by atoms with Crippen LogP contribution in [0, 0.1) is 0 Å². The lowest BCUT2D eigenvalue weighted by atomic mass is 10.0. The number of hydrogen-bond donors (Lipinski definition) is 1. The summed E-state index contributed by atoms with van der Waals surface area (Å²) in [5.41, 5.74) is 10.4. The van der Waals surface area contributed by atoms with Crippen molar-refractivity contribution in [3.63, 3.8) is 0 Å². The van der Waals surface area contributed by atoms with Crippen LogP contribution in [0.25, 0.3) is 11.1 Å². The van der Waals surface area contributed by atoms with Crippen molar-refractivity contribution >= 4 is 11.6 Å². The van der Waals surface area contributed by atoms with E-state index in [0.717, 1.165) is 29.2 Å². The molecule has 1 aromatic heterocycles. The van der Waals surface area contributed by atoms with Crippen molar-refractivity contribution in [1.82, 2.24) is 9.78 Å². The lowest BCUT2D eigenvalue weighted by molar-refractivity contribution is 0.644. The maximum Gasteiger partial charge on any atom is 0.0841 e. The zero-order chi connectivity index (χ0) is 11.8. The second kappa shape index (κ2) is 4.17. The third-order valence-electron chi connectivity index (χ3n) is 3.22. The number of nitrogens with two attached hydrogens (primary N) is 1. The topological polar surface area (TPSA) is 43.8 Å². The van der Waals surface area contributed by atoms with Crippen molar-refractivity contribution in [2.45, 2.75) is 25.9 Å². The normalized spacial score (nSPS) is 14.0. The number of nitrogens with zero attached hydrogens (tertiary/aromatic N) is 2. The molecule has 3 rings (SSSR count). The third-order valence-corrected chi connectivity index (χ3v) is 3.46. The molecule has 4 heteroatoms. The highest BCUT2D eigenvalue weighted by Crippen LogP contribution is 2.32. The molecule has 1 aliphatic rings. The number of aromatic nitrogens is 2. The number of benzene rings is 1. The summed E-state index contributed by atoms with van der Waals surface area (Å²) >= 11 is 6.05. The molecule has 0 radical (unpaired) electrons. The molecule has 2 N–H and O–H groups in total. The van der Waals surface area contributed by atoms with Crippen molar-refractivity contribution in [3.8, 4) is 11.1 Å². The Morgan fingerprint density at radius 1 is 1.41 bits per heavy atom. The van der Waals surface area contributed by atoms with Crippen LogP contribution < -0.4 is 5.73 Å². The first-order valence-electron chi connectivity index (χ1n) is 5.84. The molecule has 0 bridgehead atoms. The fraction of sp³-hybridized carbons (Fsp3) is 0.308. The van der Waals surface area contributed by atoms with E-state index >= 15 is 0 Å². The third kappa shape index (κ3) is 1.75. The summed E-state index contributed by atoms with van der Waals surface area (Å²) in [5, 5.41) is 5.32. The Bertz CT molecular complexity index is 560. The molecule has 0 aliphatic carbocycles. The molecule has 2 aromatic rings. The van der Waals surface area contributed by atoms with Crippen LogP contribution in [0.5, 0.6) is 0 Å². The molecule has 3 nitrogen and oxygen atoms in total. The largest absolute Gasteiger partial charge is 0.325 e. The molecule has 0 spiro atoms. The quantitative estimate of drug-likeness (QED) is 0.887. The summed E-state index contributed by atoms with van der Waals surface area (Å²) in [6.07, 6.45) is 2.25. The Hall–Kier alpha value is -1.32. The second-order valence-corrected chi connectivity index (χ2v) is 4.75. The van der Waals surface area contributed by atoms with Gasteiger partial charge in [-0.15, -0.1) is 0 Å². The van der Waals surface area contributed by atoms with Crippen molar-refractivity contribution in [1.29, 1.82) is 0 Å². The molecule has 0 fully saturated rings. The number of fused-ring (bicyclic) bond motifs is 1. The molecule has 1 aliphatic heterocycles. The van der Waals surface area contributed by atoms with Gasteiger partial charge in [0.15, 0.2) is 0 Å².